The SMILES string of the molecule is C[Si]1(C)C=Cc2c1n1c3ccccc3c3cccc4[nH]c5ccc2c1c5c43. The molecule has 7 rings (SSSR count). The molecule has 0 amide bonds. The molecule has 128 valence electrons. The Morgan fingerprint density at radius 1 is 0.778 bits per heavy atom. The van der Waals surface area contributed by atoms with Crippen LogP contribution >= 0.6 is 0 Å². The summed E-state index contributed by atoms with van der Waals surface area (Å²) in [5.41, 5.74) is 9.09. The number of para-hydroxylation sites is 1. The number of fused-ring (bicyclic) bond motifs is 6. The minimum Gasteiger partial charge on any atom is -0.354 e. The maximum absolute atomic E-state index is 3.67. The van der Waals surface area contributed by atoms with E-state index < -0.39 is 8.07 Å². The highest BCUT2D eigenvalue weighted by atomic mass is 28.3. The molecule has 2 nitrogen and oxygen atoms in total. The summed E-state index contributed by atoms with van der Waals surface area (Å²) in [7, 11) is -1.63. The van der Waals surface area contributed by atoms with Gasteiger partial charge in [0.25, 0.3) is 0 Å². The van der Waals surface area contributed by atoms with Gasteiger partial charge in [-0.2, -0.15) is 0 Å². The molecule has 1 aliphatic heterocycles. The van der Waals surface area contributed by atoms with Gasteiger partial charge in [0.1, 0.15) is 8.07 Å². The highest BCUT2D eigenvalue weighted by Gasteiger charge is 2.34. The fourth-order valence-electron chi connectivity index (χ4n) is 5.37. The Morgan fingerprint density at radius 2 is 1.59 bits per heavy atom. The van der Waals surface area contributed by atoms with Crippen LogP contribution in [-0.2, 0) is 0 Å². The first kappa shape index (κ1) is 14.1. The second-order valence-electron chi connectivity index (χ2n) is 8.41. The van der Waals surface area contributed by atoms with Gasteiger partial charge in [0, 0.05) is 37.9 Å². The Balaban J connectivity index is 2.01. The predicted octanol–water partition coefficient (Wildman–Crippen LogP) is 5.80. The molecule has 1 N–H and O–H groups in total. The molecule has 0 radical (unpaired) electrons. The molecule has 1 aliphatic rings. The van der Waals surface area contributed by atoms with Crippen molar-refractivity contribution in [3.63, 3.8) is 0 Å². The highest BCUT2D eigenvalue weighted by molar-refractivity contribution is 6.96. The third-order valence-electron chi connectivity index (χ3n) is 6.47. The van der Waals surface area contributed by atoms with Gasteiger partial charge in [-0.3, -0.25) is 0 Å². The first-order valence-corrected chi connectivity index (χ1v) is 12.6. The number of nitrogens with one attached hydrogen (secondary N) is 1. The third kappa shape index (κ3) is 1.47. The van der Waals surface area contributed by atoms with E-state index in [0.717, 1.165) is 0 Å². The van der Waals surface area contributed by atoms with E-state index in [9.17, 15) is 0 Å². The maximum atomic E-state index is 3.67. The molecule has 0 bridgehead atoms. The zero-order valence-electron chi connectivity index (χ0n) is 15.3. The minimum atomic E-state index is -1.63. The van der Waals surface area contributed by atoms with E-state index in [2.05, 4.69) is 88.9 Å². The lowest BCUT2D eigenvalue weighted by atomic mass is 10.0. The monoisotopic (exact) mass is 362 g/mol. The Bertz CT molecular complexity index is 1590. The van der Waals surface area contributed by atoms with Crippen molar-refractivity contribution in [1.29, 1.82) is 0 Å². The molecule has 0 spiro atoms. The van der Waals surface area contributed by atoms with Gasteiger partial charge in [-0.25, -0.2) is 0 Å². The average Bonchev–Trinajstić information content (AvgIpc) is 3.28. The molecule has 4 heterocycles. The Morgan fingerprint density at radius 3 is 2.52 bits per heavy atom. The van der Waals surface area contributed by atoms with Crippen LogP contribution in [0, 0.1) is 0 Å². The number of aromatic nitrogens is 2. The van der Waals surface area contributed by atoms with E-state index in [-0.39, 0.29) is 0 Å². The van der Waals surface area contributed by atoms with Gasteiger partial charge in [0.05, 0.1) is 11.0 Å². The van der Waals surface area contributed by atoms with Crippen molar-refractivity contribution in [1.82, 2.24) is 9.38 Å². The van der Waals surface area contributed by atoms with Gasteiger partial charge in [0.15, 0.2) is 0 Å². The van der Waals surface area contributed by atoms with E-state index in [4.69, 9.17) is 0 Å². The standard InChI is InChI=1S/C24H18N2Si/c1-27(2)13-12-17-16-10-11-19-22-21-15(7-5-8-18(21)25-19)14-6-3-4-9-20(14)26(23(16)22)24(17)27/h3-13,25H,1-2H3. The molecule has 6 aromatic rings. The Kier molecular flexibility index (Phi) is 2.22. The molecule has 3 aromatic carbocycles. The summed E-state index contributed by atoms with van der Waals surface area (Å²) >= 11 is 0. The van der Waals surface area contributed by atoms with E-state index in [0.29, 0.717) is 0 Å². The van der Waals surface area contributed by atoms with Crippen LogP contribution < -0.4 is 5.32 Å². The van der Waals surface area contributed by atoms with E-state index in [1.807, 2.05) is 0 Å². The largest absolute Gasteiger partial charge is 0.354 e. The molecule has 0 aliphatic carbocycles. The van der Waals surface area contributed by atoms with Crippen molar-refractivity contribution in [3.8, 4) is 0 Å². The van der Waals surface area contributed by atoms with Crippen molar-refractivity contribution >= 4 is 68.5 Å². The topological polar surface area (TPSA) is 20.2 Å². The summed E-state index contributed by atoms with van der Waals surface area (Å²) in [6.45, 7) is 4.92. The number of rotatable bonds is 0. The van der Waals surface area contributed by atoms with E-state index >= 15 is 0 Å². The van der Waals surface area contributed by atoms with Crippen LogP contribution in [0.4, 0.5) is 0 Å². The maximum Gasteiger partial charge on any atom is 0.126 e. The predicted molar refractivity (Wildman–Crippen MR) is 119 cm³/mol. The lowest BCUT2D eigenvalue weighted by Gasteiger charge is -2.16. The lowest BCUT2D eigenvalue weighted by molar-refractivity contribution is 1.33. The number of aromatic amines is 1. The van der Waals surface area contributed by atoms with Crippen LogP contribution in [0.2, 0.25) is 13.1 Å². The first-order chi connectivity index (χ1) is 13.1. The van der Waals surface area contributed by atoms with Gasteiger partial charge in [-0.1, -0.05) is 61.3 Å². The number of hydrogen-bond donors (Lipinski definition) is 1. The van der Waals surface area contributed by atoms with Crippen LogP contribution in [-0.4, -0.2) is 17.5 Å². The second-order valence-corrected chi connectivity index (χ2v) is 12.7. The fraction of sp³-hybridized carbons (Fsp3) is 0.0833. The summed E-state index contributed by atoms with van der Waals surface area (Å²) in [4.78, 5) is 3.67. The average molecular weight is 363 g/mol. The van der Waals surface area contributed by atoms with Gasteiger partial charge in [-0.15, -0.1) is 0 Å². The zero-order chi connectivity index (χ0) is 17.9. The van der Waals surface area contributed by atoms with Crippen molar-refractivity contribution in [3.05, 3.63) is 65.9 Å². The number of benzene rings is 3. The van der Waals surface area contributed by atoms with Crippen LogP contribution in [0.5, 0.6) is 0 Å². The van der Waals surface area contributed by atoms with Crippen LogP contribution in [0.25, 0.3) is 55.1 Å². The van der Waals surface area contributed by atoms with Gasteiger partial charge >= 0.3 is 0 Å². The van der Waals surface area contributed by atoms with Gasteiger partial charge in [0.2, 0.25) is 0 Å². The molecule has 0 atom stereocenters. The molecule has 0 fully saturated rings. The summed E-state index contributed by atoms with van der Waals surface area (Å²) in [6.07, 6.45) is 2.38. The van der Waals surface area contributed by atoms with E-state index in [1.54, 1.807) is 5.32 Å². The minimum absolute atomic E-state index is 1.23. The fourth-order valence-corrected chi connectivity index (χ4v) is 7.83. The number of hydrogen-bond acceptors (Lipinski definition) is 0. The summed E-state index contributed by atoms with van der Waals surface area (Å²) in [5.74, 6) is 0. The first-order valence-electron chi connectivity index (χ1n) is 9.56. The summed E-state index contributed by atoms with van der Waals surface area (Å²) in [5, 5.41) is 8.34. The molecular weight excluding hydrogens is 344 g/mol. The molecule has 0 saturated carbocycles. The Labute approximate surface area is 157 Å². The molecule has 3 heteroatoms. The Hall–Kier alpha value is -3.04. The van der Waals surface area contributed by atoms with Gasteiger partial charge in [-0.05, 0) is 29.1 Å². The van der Waals surface area contributed by atoms with Crippen molar-refractivity contribution in [2.24, 2.45) is 0 Å². The molecule has 0 unspecified atom stereocenters. The number of nitrogens with zero attached hydrogens (tertiary/aromatic N) is 1. The summed E-state index contributed by atoms with van der Waals surface area (Å²) < 4.78 is 2.60. The lowest BCUT2D eigenvalue weighted by Crippen LogP contribution is -2.41. The summed E-state index contributed by atoms with van der Waals surface area (Å²) in [6, 6.07) is 20.2. The van der Waals surface area contributed by atoms with Crippen LogP contribution in [0.3, 0.4) is 0 Å². The molecule has 3 aromatic heterocycles. The molecule has 27 heavy (non-hydrogen) atoms. The van der Waals surface area contributed by atoms with Crippen molar-refractivity contribution in [2.75, 3.05) is 0 Å². The second kappa shape index (κ2) is 4.26. The van der Waals surface area contributed by atoms with E-state index in [1.165, 1.54) is 54.6 Å². The van der Waals surface area contributed by atoms with Crippen LogP contribution in [0.15, 0.2) is 60.3 Å². The smallest absolute Gasteiger partial charge is 0.126 e. The highest BCUT2D eigenvalue weighted by Crippen LogP contribution is 2.41. The zero-order valence-corrected chi connectivity index (χ0v) is 16.3. The molecule has 0 saturated heterocycles. The third-order valence-corrected chi connectivity index (χ3v) is 9.18. The molecular formula is C24H18N2Si. The quantitative estimate of drug-likeness (QED) is 0.330. The normalized spacial score (nSPS) is 15.9. The van der Waals surface area contributed by atoms with Crippen molar-refractivity contribution < 1.29 is 0 Å². The van der Waals surface area contributed by atoms with Gasteiger partial charge < -0.3 is 9.38 Å². The number of H-pyrrole nitrogens is 1. The van der Waals surface area contributed by atoms with Crippen LogP contribution in [0.1, 0.15) is 5.56 Å². The van der Waals surface area contributed by atoms with Crippen molar-refractivity contribution in [2.45, 2.75) is 13.1 Å².